The minimum atomic E-state index is -1.23. The lowest BCUT2D eigenvalue weighted by Gasteiger charge is -2.23. The summed E-state index contributed by atoms with van der Waals surface area (Å²) in [7, 11) is 0. The van der Waals surface area contributed by atoms with Gasteiger partial charge in [-0.2, -0.15) is 0 Å². The van der Waals surface area contributed by atoms with E-state index in [1.165, 1.54) is 18.6 Å². The lowest BCUT2D eigenvalue weighted by molar-refractivity contribution is -0.125. The van der Waals surface area contributed by atoms with E-state index in [-0.39, 0.29) is 43.3 Å². The number of hydrogen-bond donors (Lipinski definition) is 5. The number of carbonyl (C=O) groups is 2. The molecule has 1 aliphatic heterocycles. The molecule has 9 heteroatoms. The molecule has 8 nitrogen and oxygen atoms in total. The number of carbonyl (C=O) groups excluding carboxylic acids is 2. The van der Waals surface area contributed by atoms with Gasteiger partial charge in [0, 0.05) is 19.1 Å². The molecule has 2 fully saturated rings. The van der Waals surface area contributed by atoms with Gasteiger partial charge in [-0.1, -0.05) is 31.4 Å². The Labute approximate surface area is 175 Å². The summed E-state index contributed by atoms with van der Waals surface area (Å²) in [5, 5.41) is 28.6. The Morgan fingerprint density at radius 1 is 1.00 bits per heavy atom. The molecule has 3 rings (SSSR count). The van der Waals surface area contributed by atoms with Gasteiger partial charge in [-0.05, 0) is 30.5 Å². The monoisotopic (exact) mass is 423 g/mol. The summed E-state index contributed by atoms with van der Waals surface area (Å²) >= 11 is 0. The Bertz CT molecular complexity index is 711. The number of benzene rings is 1. The summed E-state index contributed by atoms with van der Waals surface area (Å²) in [5.41, 5.74) is 0.740. The van der Waals surface area contributed by atoms with E-state index in [1.807, 2.05) is 0 Å². The predicted octanol–water partition coefficient (Wildman–Crippen LogP) is 0.953. The van der Waals surface area contributed by atoms with Crippen LogP contribution >= 0.6 is 0 Å². The van der Waals surface area contributed by atoms with Crippen molar-refractivity contribution in [3.63, 3.8) is 0 Å². The summed E-state index contributed by atoms with van der Waals surface area (Å²) < 4.78 is 18.5. The molecule has 166 valence electrons. The van der Waals surface area contributed by atoms with Crippen LogP contribution in [0.1, 0.15) is 44.1 Å². The van der Waals surface area contributed by atoms with Crippen LogP contribution in [-0.2, 0) is 16.1 Å². The zero-order chi connectivity index (χ0) is 21.5. The molecule has 0 radical (unpaired) electrons. The number of ether oxygens (including phenoxy) is 1. The molecule has 3 amide bonds. The molecule has 1 aromatic carbocycles. The molecule has 1 heterocycles. The van der Waals surface area contributed by atoms with Crippen molar-refractivity contribution in [3.8, 4) is 0 Å². The lowest BCUT2D eigenvalue weighted by Crippen LogP contribution is -2.47. The second kappa shape index (κ2) is 10.7. The maximum Gasteiger partial charge on any atom is 0.315 e. The number of amides is 3. The minimum absolute atomic E-state index is 0.0322. The summed E-state index contributed by atoms with van der Waals surface area (Å²) in [6, 6.07) is 5.60. The van der Waals surface area contributed by atoms with Gasteiger partial charge in [-0.25, -0.2) is 9.18 Å². The third kappa shape index (κ3) is 6.38. The standard InChI is InChI=1S/C21H30FN3O5/c22-14-8-6-13(7-9-14)11-23-18(26)10-16-19(27)20(28)17(30-16)12-24-21(29)25-15-4-2-1-3-5-15/h6-9,15-17,19-20,27-28H,1-5,10-12H2,(H,23,26)(H2,24,25,29). The van der Waals surface area contributed by atoms with E-state index in [9.17, 15) is 24.2 Å². The Hall–Kier alpha value is -2.23. The van der Waals surface area contributed by atoms with Gasteiger partial charge in [-0.3, -0.25) is 4.79 Å². The van der Waals surface area contributed by atoms with Crippen LogP contribution in [0.15, 0.2) is 24.3 Å². The van der Waals surface area contributed by atoms with Crippen LogP contribution in [-0.4, -0.2) is 59.2 Å². The van der Waals surface area contributed by atoms with Crippen LogP contribution in [0.3, 0.4) is 0 Å². The fourth-order valence-corrected chi connectivity index (χ4v) is 3.90. The van der Waals surface area contributed by atoms with E-state index in [0.29, 0.717) is 0 Å². The fraction of sp³-hybridized carbons (Fsp3) is 0.619. The molecule has 1 saturated heterocycles. The first-order valence-electron chi connectivity index (χ1n) is 10.5. The lowest BCUT2D eigenvalue weighted by atomic mass is 9.96. The molecule has 1 aliphatic carbocycles. The first kappa shape index (κ1) is 22.5. The van der Waals surface area contributed by atoms with E-state index < -0.39 is 24.4 Å². The quantitative estimate of drug-likeness (QED) is 0.447. The number of halogens is 1. The summed E-state index contributed by atoms with van der Waals surface area (Å²) in [6.45, 7) is 0.251. The molecular weight excluding hydrogens is 393 g/mol. The van der Waals surface area contributed by atoms with Crippen LogP contribution < -0.4 is 16.0 Å². The maximum absolute atomic E-state index is 12.9. The second-order valence-corrected chi connectivity index (χ2v) is 7.99. The Balaban J connectivity index is 1.39. The Morgan fingerprint density at radius 3 is 2.37 bits per heavy atom. The van der Waals surface area contributed by atoms with Crippen molar-refractivity contribution in [2.45, 2.75) is 75.5 Å². The van der Waals surface area contributed by atoms with Crippen molar-refractivity contribution >= 4 is 11.9 Å². The van der Waals surface area contributed by atoms with Crippen molar-refractivity contribution in [3.05, 3.63) is 35.6 Å². The molecule has 2 aliphatic rings. The number of nitrogens with one attached hydrogen (secondary N) is 3. The number of urea groups is 1. The smallest absolute Gasteiger partial charge is 0.315 e. The van der Waals surface area contributed by atoms with Crippen LogP contribution in [0.2, 0.25) is 0 Å². The molecule has 0 spiro atoms. The highest BCUT2D eigenvalue weighted by molar-refractivity contribution is 5.76. The van der Waals surface area contributed by atoms with E-state index in [2.05, 4.69) is 16.0 Å². The molecule has 0 aromatic heterocycles. The van der Waals surface area contributed by atoms with Crippen LogP contribution in [0, 0.1) is 5.82 Å². The number of hydrogen-bond acceptors (Lipinski definition) is 5. The second-order valence-electron chi connectivity index (χ2n) is 7.99. The van der Waals surface area contributed by atoms with Crippen molar-refractivity contribution in [1.29, 1.82) is 0 Å². The minimum Gasteiger partial charge on any atom is -0.388 e. The van der Waals surface area contributed by atoms with Gasteiger partial charge in [0.15, 0.2) is 0 Å². The highest BCUT2D eigenvalue weighted by Crippen LogP contribution is 2.23. The normalized spacial score (nSPS) is 26.9. The summed E-state index contributed by atoms with van der Waals surface area (Å²) in [5.74, 6) is -0.715. The summed E-state index contributed by atoms with van der Waals surface area (Å²) in [4.78, 5) is 24.2. The van der Waals surface area contributed by atoms with Gasteiger partial charge in [0.05, 0.1) is 12.5 Å². The SMILES string of the molecule is O=C(CC1OC(CNC(=O)NC2CCCCC2)C(O)C1O)NCc1ccc(F)cc1. The van der Waals surface area contributed by atoms with Crippen molar-refractivity contribution < 1.29 is 28.9 Å². The molecule has 4 unspecified atom stereocenters. The Kier molecular flexibility index (Phi) is 8.01. The molecule has 4 atom stereocenters. The largest absolute Gasteiger partial charge is 0.388 e. The number of aliphatic hydroxyl groups excluding tert-OH is 2. The average Bonchev–Trinajstić information content (AvgIpc) is 3.00. The molecule has 1 aromatic rings. The van der Waals surface area contributed by atoms with Gasteiger partial charge in [-0.15, -0.1) is 0 Å². The van der Waals surface area contributed by atoms with Gasteiger partial charge in [0.2, 0.25) is 5.91 Å². The number of rotatable bonds is 7. The Morgan fingerprint density at radius 2 is 1.67 bits per heavy atom. The van der Waals surface area contributed by atoms with Crippen LogP contribution in [0.25, 0.3) is 0 Å². The van der Waals surface area contributed by atoms with Gasteiger partial charge in [0.25, 0.3) is 0 Å². The van der Waals surface area contributed by atoms with E-state index in [0.717, 1.165) is 31.2 Å². The molecule has 30 heavy (non-hydrogen) atoms. The van der Waals surface area contributed by atoms with Crippen molar-refractivity contribution in [2.75, 3.05) is 6.54 Å². The van der Waals surface area contributed by atoms with Gasteiger partial charge < -0.3 is 30.9 Å². The van der Waals surface area contributed by atoms with E-state index in [1.54, 1.807) is 12.1 Å². The zero-order valence-electron chi connectivity index (χ0n) is 16.9. The predicted molar refractivity (Wildman–Crippen MR) is 107 cm³/mol. The van der Waals surface area contributed by atoms with Gasteiger partial charge >= 0.3 is 6.03 Å². The highest BCUT2D eigenvalue weighted by atomic mass is 19.1. The van der Waals surface area contributed by atoms with Crippen LogP contribution in [0.5, 0.6) is 0 Å². The summed E-state index contributed by atoms with van der Waals surface area (Å²) in [6.07, 6.45) is 1.09. The van der Waals surface area contributed by atoms with Crippen molar-refractivity contribution in [2.24, 2.45) is 0 Å². The molecule has 1 saturated carbocycles. The fourth-order valence-electron chi connectivity index (χ4n) is 3.90. The van der Waals surface area contributed by atoms with Crippen molar-refractivity contribution in [1.82, 2.24) is 16.0 Å². The van der Waals surface area contributed by atoms with Gasteiger partial charge in [0.1, 0.15) is 24.1 Å². The molecular formula is C21H30FN3O5. The maximum atomic E-state index is 12.9. The topological polar surface area (TPSA) is 120 Å². The van der Waals surface area contributed by atoms with Crippen LogP contribution in [0.4, 0.5) is 9.18 Å². The van der Waals surface area contributed by atoms with E-state index in [4.69, 9.17) is 4.74 Å². The van der Waals surface area contributed by atoms with E-state index >= 15 is 0 Å². The molecule has 5 N–H and O–H groups in total. The zero-order valence-corrected chi connectivity index (χ0v) is 16.9. The first-order valence-corrected chi connectivity index (χ1v) is 10.5. The molecule has 0 bridgehead atoms. The average molecular weight is 423 g/mol. The third-order valence-corrected chi connectivity index (χ3v) is 5.66. The number of aliphatic hydroxyl groups is 2. The highest BCUT2D eigenvalue weighted by Gasteiger charge is 2.43. The third-order valence-electron chi connectivity index (χ3n) is 5.66. The first-order chi connectivity index (χ1) is 14.4.